The molecule has 6 nitrogen and oxygen atoms in total. The van der Waals surface area contributed by atoms with Crippen molar-refractivity contribution in [2.24, 2.45) is 0 Å². The number of hydrogen-bond donors (Lipinski definition) is 2. The molecule has 0 heterocycles. The molecule has 0 radical (unpaired) electrons. The summed E-state index contributed by atoms with van der Waals surface area (Å²) in [7, 11) is 0. The number of allylic oxidation sites excluding steroid dienone is 2. The van der Waals surface area contributed by atoms with Gasteiger partial charge < -0.3 is 20.1 Å². The Morgan fingerprint density at radius 1 is 0.727 bits per heavy atom. The van der Waals surface area contributed by atoms with Gasteiger partial charge in [0.1, 0.15) is 0 Å². The maximum Gasteiger partial charge on any atom is 0.335 e. The van der Waals surface area contributed by atoms with Gasteiger partial charge in [0.05, 0.1) is 24.4 Å². The molecule has 0 unspecified atom stereocenters. The third-order valence-corrected chi connectivity index (χ3v) is 3.19. The van der Waals surface area contributed by atoms with Crippen LogP contribution in [0.4, 0.5) is 0 Å². The topological polar surface area (TPSA) is 76.7 Å². The first-order chi connectivity index (χ1) is 10.3. The van der Waals surface area contributed by atoms with Gasteiger partial charge in [0.2, 0.25) is 0 Å². The molecule has 22 heavy (non-hydrogen) atoms. The van der Waals surface area contributed by atoms with Gasteiger partial charge in [-0.15, -0.1) is 0 Å². The van der Waals surface area contributed by atoms with Crippen LogP contribution >= 0.6 is 0 Å². The smallest absolute Gasteiger partial charge is 0.335 e. The van der Waals surface area contributed by atoms with Gasteiger partial charge in [-0.25, -0.2) is 9.59 Å². The highest BCUT2D eigenvalue weighted by molar-refractivity contribution is 5.88. The second-order valence-corrected chi connectivity index (χ2v) is 4.79. The third-order valence-electron chi connectivity index (χ3n) is 3.19. The summed E-state index contributed by atoms with van der Waals surface area (Å²) in [6, 6.07) is 0. The Balaban J connectivity index is 4.32. The molecule has 0 aromatic rings. The molecule has 0 aromatic carbocycles. The van der Waals surface area contributed by atoms with Crippen LogP contribution in [0, 0.1) is 0 Å². The third kappa shape index (κ3) is 7.15. The maximum atomic E-state index is 11.6. The predicted molar refractivity (Wildman–Crippen MR) is 86.0 cm³/mol. The minimum absolute atomic E-state index is 0.310. The summed E-state index contributed by atoms with van der Waals surface area (Å²) >= 11 is 0. The highest BCUT2D eigenvalue weighted by Crippen LogP contribution is 2.03. The standard InChI is InChI=1S/C16H28N2O4/c1-7-21-15(19)11(3)13(5)17-9-10-18-14(6)12(4)16(20)22-8-2/h17-18H,7-10H2,1-6H3/b13-11+,14-12+. The van der Waals surface area contributed by atoms with E-state index in [0.29, 0.717) is 37.4 Å². The van der Waals surface area contributed by atoms with Crippen LogP contribution in [-0.4, -0.2) is 38.2 Å². The lowest BCUT2D eigenvalue weighted by Gasteiger charge is -2.13. The molecule has 0 aliphatic carbocycles. The van der Waals surface area contributed by atoms with E-state index in [0.717, 1.165) is 11.4 Å². The summed E-state index contributed by atoms with van der Waals surface area (Å²) in [5.74, 6) is -0.621. The van der Waals surface area contributed by atoms with Crippen molar-refractivity contribution >= 4 is 11.9 Å². The molecule has 6 heteroatoms. The zero-order valence-corrected chi connectivity index (χ0v) is 14.5. The highest BCUT2D eigenvalue weighted by atomic mass is 16.5. The Morgan fingerprint density at radius 3 is 1.32 bits per heavy atom. The van der Waals surface area contributed by atoms with Crippen LogP contribution in [0.2, 0.25) is 0 Å². The van der Waals surface area contributed by atoms with Crippen molar-refractivity contribution in [3.63, 3.8) is 0 Å². The lowest BCUT2D eigenvalue weighted by molar-refractivity contribution is -0.139. The van der Waals surface area contributed by atoms with Gasteiger partial charge in [-0.2, -0.15) is 0 Å². The molecule has 0 amide bonds. The number of carbonyl (C=O) groups excluding carboxylic acids is 2. The van der Waals surface area contributed by atoms with Crippen LogP contribution in [0.5, 0.6) is 0 Å². The summed E-state index contributed by atoms with van der Waals surface area (Å²) < 4.78 is 9.88. The monoisotopic (exact) mass is 312 g/mol. The van der Waals surface area contributed by atoms with Crippen LogP contribution in [0.1, 0.15) is 41.5 Å². The molecular formula is C16H28N2O4. The van der Waals surface area contributed by atoms with Gasteiger partial charge in [0.25, 0.3) is 0 Å². The molecular weight excluding hydrogens is 284 g/mol. The van der Waals surface area contributed by atoms with E-state index in [9.17, 15) is 9.59 Å². The SMILES string of the molecule is CCOC(=O)/C(C)=C(\C)NCCN/C(C)=C(\C)C(=O)OCC. The Morgan fingerprint density at radius 2 is 1.05 bits per heavy atom. The molecule has 0 fully saturated rings. The zero-order valence-electron chi connectivity index (χ0n) is 14.5. The van der Waals surface area contributed by atoms with E-state index in [1.54, 1.807) is 27.7 Å². The van der Waals surface area contributed by atoms with E-state index in [1.807, 2.05) is 13.8 Å². The van der Waals surface area contributed by atoms with Gasteiger partial charge in [-0.05, 0) is 41.5 Å². The highest BCUT2D eigenvalue weighted by Gasteiger charge is 2.09. The van der Waals surface area contributed by atoms with Gasteiger partial charge >= 0.3 is 11.9 Å². The number of rotatable bonds is 9. The fraction of sp³-hybridized carbons (Fsp3) is 0.625. The second kappa shape index (κ2) is 10.7. The number of esters is 2. The van der Waals surface area contributed by atoms with Crippen LogP contribution in [0.25, 0.3) is 0 Å². The maximum absolute atomic E-state index is 11.6. The first-order valence-corrected chi connectivity index (χ1v) is 7.52. The molecule has 0 aromatic heterocycles. The summed E-state index contributed by atoms with van der Waals surface area (Å²) in [6.07, 6.45) is 0. The Bertz CT molecular complexity index is 411. The summed E-state index contributed by atoms with van der Waals surface area (Å²) in [4.78, 5) is 23.1. The van der Waals surface area contributed by atoms with Crippen molar-refractivity contribution in [3.8, 4) is 0 Å². The Hall–Kier alpha value is -1.98. The van der Waals surface area contributed by atoms with E-state index in [-0.39, 0.29) is 11.9 Å². The van der Waals surface area contributed by atoms with Gasteiger partial charge in [-0.1, -0.05) is 0 Å². The first-order valence-electron chi connectivity index (χ1n) is 7.52. The molecule has 0 saturated carbocycles. The minimum atomic E-state index is -0.310. The average molecular weight is 312 g/mol. The van der Waals surface area contributed by atoms with Crippen molar-refractivity contribution in [2.75, 3.05) is 26.3 Å². The molecule has 0 aliphatic rings. The van der Waals surface area contributed by atoms with E-state index < -0.39 is 0 Å². The lowest BCUT2D eigenvalue weighted by atomic mass is 10.2. The first kappa shape index (κ1) is 20.0. The minimum Gasteiger partial charge on any atom is -0.463 e. The fourth-order valence-corrected chi connectivity index (χ4v) is 1.55. The van der Waals surface area contributed by atoms with Crippen LogP contribution < -0.4 is 10.6 Å². The molecule has 0 bridgehead atoms. The van der Waals surface area contributed by atoms with E-state index in [1.165, 1.54) is 0 Å². The van der Waals surface area contributed by atoms with Crippen molar-refractivity contribution in [1.29, 1.82) is 0 Å². The van der Waals surface area contributed by atoms with Crippen molar-refractivity contribution in [2.45, 2.75) is 41.5 Å². The largest absolute Gasteiger partial charge is 0.463 e. The number of nitrogens with one attached hydrogen (secondary N) is 2. The number of hydrogen-bond acceptors (Lipinski definition) is 6. The molecule has 0 spiro atoms. The van der Waals surface area contributed by atoms with Crippen LogP contribution in [-0.2, 0) is 19.1 Å². The van der Waals surface area contributed by atoms with Crippen molar-refractivity contribution in [3.05, 3.63) is 22.5 Å². The quantitative estimate of drug-likeness (QED) is 0.384. The summed E-state index contributed by atoms with van der Waals surface area (Å²) in [5, 5.41) is 6.30. The van der Waals surface area contributed by atoms with E-state index in [4.69, 9.17) is 9.47 Å². The van der Waals surface area contributed by atoms with Gasteiger partial charge in [0.15, 0.2) is 0 Å². The van der Waals surface area contributed by atoms with E-state index >= 15 is 0 Å². The molecule has 0 aliphatic heterocycles. The number of carbonyl (C=O) groups is 2. The fourth-order valence-electron chi connectivity index (χ4n) is 1.55. The van der Waals surface area contributed by atoms with E-state index in [2.05, 4.69) is 10.6 Å². The molecule has 0 rings (SSSR count). The second-order valence-electron chi connectivity index (χ2n) is 4.79. The van der Waals surface area contributed by atoms with Crippen molar-refractivity contribution < 1.29 is 19.1 Å². The molecule has 0 saturated heterocycles. The predicted octanol–water partition coefficient (Wildman–Crippen LogP) is 1.88. The molecule has 0 atom stereocenters. The normalized spacial score (nSPS) is 12.8. The van der Waals surface area contributed by atoms with Crippen LogP contribution in [0.15, 0.2) is 22.5 Å². The summed E-state index contributed by atoms with van der Waals surface area (Å²) in [5.41, 5.74) is 2.70. The zero-order chi connectivity index (χ0) is 17.1. The van der Waals surface area contributed by atoms with Crippen LogP contribution in [0.3, 0.4) is 0 Å². The molecule has 2 N–H and O–H groups in total. The lowest BCUT2D eigenvalue weighted by Crippen LogP contribution is -2.27. The molecule has 126 valence electrons. The van der Waals surface area contributed by atoms with Crippen molar-refractivity contribution in [1.82, 2.24) is 10.6 Å². The Kier molecular flexibility index (Phi) is 9.74. The number of ether oxygens (including phenoxy) is 2. The summed E-state index contributed by atoms with van der Waals surface area (Å²) in [6.45, 7) is 12.6. The van der Waals surface area contributed by atoms with Gasteiger partial charge in [0, 0.05) is 24.5 Å². The average Bonchev–Trinajstić information content (AvgIpc) is 2.49. The van der Waals surface area contributed by atoms with Gasteiger partial charge in [-0.3, -0.25) is 0 Å². The Labute approximate surface area is 132 Å².